The number of nitrogens with one attached hydrogen (secondary N) is 1. The summed E-state index contributed by atoms with van der Waals surface area (Å²) in [4.78, 5) is 3.92. The average Bonchev–Trinajstić information content (AvgIpc) is 3.06. The molecule has 2 heterocycles. The maximum absolute atomic E-state index is 13.1. The van der Waals surface area contributed by atoms with E-state index in [1.165, 1.54) is 0 Å². The summed E-state index contributed by atoms with van der Waals surface area (Å²) in [5.74, 6) is -3.22. The third-order valence-electron chi connectivity index (χ3n) is 3.45. The molecule has 2 aromatic rings. The molecule has 1 aliphatic rings. The number of nitrogens with zero attached hydrogens (tertiary/aromatic N) is 2. The van der Waals surface area contributed by atoms with Crippen molar-refractivity contribution in [2.45, 2.75) is 18.6 Å². The van der Waals surface area contributed by atoms with Crippen LogP contribution in [0.5, 0.6) is 0 Å². The summed E-state index contributed by atoms with van der Waals surface area (Å²) >= 11 is 0. The molecule has 1 aliphatic heterocycles. The SMILES string of the molecule is Fc1cc(F)cc(-c2noc(C3CC(C(F)(F)F)CN3)n2)c1. The molecule has 1 aromatic carbocycles. The van der Waals surface area contributed by atoms with Crippen molar-refractivity contribution in [2.75, 3.05) is 6.54 Å². The first-order valence-corrected chi connectivity index (χ1v) is 6.43. The Bertz CT molecular complexity index is 664. The lowest BCUT2D eigenvalue weighted by Crippen LogP contribution is -2.24. The molecule has 0 bridgehead atoms. The lowest BCUT2D eigenvalue weighted by molar-refractivity contribution is -0.169. The van der Waals surface area contributed by atoms with Gasteiger partial charge < -0.3 is 9.84 Å². The molecule has 0 spiro atoms. The third kappa shape index (κ3) is 2.94. The summed E-state index contributed by atoms with van der Waals surface area (Å²) < 4.78 is 69.0. The molecule has 0 saturated carbocycles. The smallest absolute Gasteiger partial charge is 0.337 e. The summed E-state index contributed by atoms with van der Waals surface area (Å²) in [5, 5.41) is 6.21. The molecule has 3 rings (SSSR count). The van der Waals surface area contributed by atoms with Crippen molar-refractivity contribution < 1.29 is 26.5 Å². The monoisotopic (exact) mass is 319 g/mol. The zero-order chi connectivity index (χ0) is 15.9. The van der Waals surface area contributed by atoms with Crippen LogP contribution >= 0.6 is 0 Å². The first-order valence-electron chi connectivity index (χ1n) is 6.43. The van der Waals surface area contributed by atoms with Gasteiger partial charge in [-0.3, -0.25) is 0 Å². The fourth-order valence-corrected chi connectivity index (χ4v) is 2.35. The van der Waals surface area contributed by atoms with Crippen molar-refractivity contribution in [1.82, 2.24) is 15.5 Å². The van der Waals surface area contributed by atoms with Crippen molar-refractivity contribution in [3.05, 3.63) is 35.7 Å². The van der Waals surface area contributed by atoms with Gasteiger partial charge in [0, 0.05) is 18.2 Å². The third-order valence-corrected chi connectivity index (χ3v) is 3.45. The van der Waals surface area contributed by atoms with Crippen LogP contribution in [0.1, 0.15) is 18.4 Å². The van der Waals surface area contributed by atoms with Crippen molar-refractivity contribution in [3.8, 4) is 11.4 Å². The molecule has 2 atom stereocenters. The Morgan fingerprint density at radius 1 is 1.14 bits per heavy atom. The first kappa shape index (κ1) is 14.9. The molecule has 0 amide bonds. The van der Waals surface area contributed by atoms with Crippen LogP contribution in [-0.2, 0) is 0 Å². The van der Waals surface area contributed by atoms with Gasteiger partial charge in [-0.25, -0.2) is 8.78 Å². The molecule has 1 N–H and O–H groups in total. The van der Waals surface area contributed by atoms with Gasteiger partial charge in [-0.1, -0.05) is 5.16 Å². The van der Waals surface area contributed by atoms with Gasteiger partial charge in [-0.2, -0.15) is 18.2 Å². The minimum atomic E-state index is -4.30. The van der Waals surface area contributed by atoms with Crippen LogP contribution in [0.15, 0.2) is 22.7 Å². The highest BCUT2D eigenvalue weighted by Crippen LogP contribution is 2.37. The molecule has 0 aliphatic carbocycles. The highest BCUT2D eigenvalue weighted by atomic mass is 19.4. The molecule has 2 unspecified atom stereocenters. The van der Waals surface area contributed by atoms with E-state index in [9.17, 15) is 22.0 Å². The van der Waals surface area contributed by atoms with E-state index in [0.717, 1.165) is 12.1 Å². The molecule has 118 valence electrons. The van der Waals surface area contributed by atoms with Crippen molar-refractivity contribution >= 4 is 0 Å². The Balaban J connectivity index is 1.80. The van der Waals surface area contributed by atoms with Crippen LogP contribution in [-0.4, -0.2) is 22.9 Å². The largest absolute Gasteiger partial charge is 0.393 e. The van der Waals surface area contributed by atoms with Gasteiger partial charge in [0.2, 0.25) is 11.7 Å². The number of rotatable bonds is 2. The summed E-state index contributed by atoms with van der Waals surface area (Å²) in [7, 11) is 0. The second-order valence-electron chi connectivity index (χ2n) is 5.05. The van der Waals surface area contributed by atoms with Crippen molar-refractivity contribution in [1.29, 1.82) is 0 Å². The lowest BCUT2D eigenvalue weighted by Gasteiger charge is -2.12. The minimum Gasteiger partial charge on any atom is -0.337 e. The maximum atomic E-state index is 13.1. The van der Waals surface area contributed by atoms with Gasteiger partial charge >= 0.3 is 6.18 Å². The highest BCUT2D eigenvalue weighted by molar-refractivity contribution is 5.54. The topological polar surface area (TPSA) is 51.0 Å². The average molecular weight is 319 g/mol. The normalized spacial score (nSPS) is 22.2. The molecule has 22 heavy (non-hydrogen) atoms. The van der Waals surface area contributed by atoms with E-state index in [1.807, 2.05) is 0 Å². The molecule has 0 radical (unpaired) electrons. The van der Waals surface area contributed by atoms with Crippen LogP contribution in [0.4, 0.5) is 22.0 Å². The van der Waals surface area contributed by atoms with Crippen molar-refractivity contribution in [3.63, 3.8) is 0 Å². The quantitative estimate of drug-likeness (QED) is 0.864. The molecule has 1 fully saturated rings. The van der Waals surface area contributed by atoms with Crippen LogP contribution in [0.2, 0.25) is 0 Å². The van der Waals surface area contributed by atoms with E-state index < -0.39 is 29.8 Å². The molecular formula is C13H10F5N3O. The standard InChI is InChI=1S/C13H10F5N3O/c14-8-1-6(2-9(15)4-8)11-20-12(22-21-11)10-3-7(5-19-10)13(16,17)18/h1-2,4,7,10,19H,3,5H2. The number of aromatic nitrogens is 2. The van der Waals surface area contributed by atoms with E-state index in [2.05, 4.69) is 15.5 Å². The Morgan fingerprint density at radius 2 is 1.82 bits per heavy atom. The lowest BCUT2D eigenvalue weighted by atomic mass is 10.1. The highest BCUT2D eigenvalue weighted by Gasteiger charge is 2.45. The van der Waals surface area contributed by atoms with Gasteiger partial charge in [0.05, 0.1) is 12.0 Å². The van der Waals surface area contributed by atoms with E-state index in [4.69, 9.17) is 4.52 Å². The molecule has 1 saturated heterocycles. The number of hydrogen-bond acceptors (Lipinski definition) is 4. The maximum Gasteiger partial charge on any atom is 0.393 e. The fraction of sp³-hybridized carbons (Fsp3) is 0.385. The van der Waals surface area contributed by atoms with Crippen LogP contribution in [0, 0.1) is 17.6 Å². The van der Waals surface area contributed by atoms with E-state index in [0.29, 0.717) is 6.07 Å². The summed E-state index contributed by atoms with van der Waals surface area (Å²) in [6, 6.07) is 1.99. The summed E-state index contributed by atoms with van der Waals surface area (Å²) in [5.41, 5.74) is 0.0536. The number of benzene rings is 1. The number of alkyl halides is 3. The zero-order valence-electron chi connectivity index (χ0n) is 11.0. The van der Waals surface area contributed by atoms with Gasteiger partial charge in [-0.15, -0.1) is 0 Å². The van der Waals surface area contributed by atoms with E-state index in [1.54, 1.807) is 0 Å². The summed E-state index contributed by atoms with van der Waals surface area (Å²) in [6.45, 7) is -0.236. The molecule has 4 nitrogen and oxygen atoms in total. The summed E-state index contributed by atoms with van der Waals surface area (Å²) in [6.07, 6.45) is -4.51. The molecule has 9 heteroatoms. The Kier molecular flexibility index (Phi) is 3.59. The predicted octanol–water partition coefficient (Wildman–Crippen LogP) is 3.23. The Hall–Kier alpha value is -2.03. The second kappa shape index (κ2) is 5.31. The van der Waals surface area contributed by atoms with Crippen LogP contribution in [0.25, 0.3) is 11.4 Å². The van der Waals surface area contributed by atoms with E-state index >= 15 is 0 Å². The van der Waals surface area contributed by atoms with Crippen molar-refractivity contribution in [2.24, 2.45) is 5.92 Å². The Morgan fingerprint density at radius 3 is 2.41 bits per heavy atom. The van der Waals surface area contributed by atoms with E-state index in [-0.39, 0.29) is 30.2 Å². The molecule has 1 aromatic heterocycles. The van der Waals surface area contributed by atoms with Crippen LogP contribution in [0.3, 0.4) is 0 Å². The minimum absolute atomic E-state index is 0.0357. The Labute approximate surface area is 121 Å². The zero-order valence-corrected chi connectivity index (χ0v) is 11.0. The molecular weight excluding hydrogens is 309 g/mol. The van der Waals surface area contributed by atoms with Crippen LogP contribution < -0.4 is 5.32 Å². The second-order valence-corrected chi connectivity index (χ2v) is 5.05. The van der Waals surface area contributed by atoms with Gasteiger partial charge in [0.25, 0.3) is 0 Å². The van der Waals surface area contributed by atoms with Gasteiger partial charge in [0.1, 0.15) is 11.6 Å². The fourth-order valence-electron chi connectivity index (χ4n) is 2.35. The first-order chi connectivity index (χ1) is 10.3. The number of halogens is 5. The van der Waals surface area contributed by atoms with Gasteiger partial charge in [0.15, 0.2) is 0 Å². The predicted molar refractivity (Wildman–Crippen MR) is 64.6 cm³/mol. The number of hydrogen-bond donors (Lipinski definition) is 1. The van der Waals surface area contributed by atoms with Gasteiger partial charge in [-0.05, 0) is 18.6 Å².